The SMILES string of the molecule is CNC(=O)c1ccc(-c2cn3c(n2)sc2cc(C(=O)NCc4ccccc4)ccc23)cc1. The first-order valence-corrected chi connectivity index (χ1v) is 11.0. The van der Waals surface area contributed by atoms with Crippen molar-refractivity contribution in [2.75, 3.05) is 7.05 Å². The molecule has 0 aliphatic carbocycles. The average molecular weight is 441 g/mol. The molecule has 2 aromatic heterocycles. The van der Waals surface area contributed by atoms with E-state index in [-0.39, 0.29) is 11.8 Å². The van der Waals surface area contributed by atoms with E-state index in [2.05, 4.69) is 10.6 Å². The third-order valence-corrected chi connectivity index (χ3v) is 6.34. The van der Waals surface area contributed by atoms with Crippen molar-refractivity contribution in [3.05, 3.63) is 95.7 Å². The summed E-state index contributed by atoms with van der Waals surface area (Å²) >= 11 is 1.54. The Kier molecular flexibility index (Phi) is 5.17. The lowest BCUT2D eigenvalue weighted by Gasteiger charge is -2.05. The molecule has 0 unspecified atom stereocenters. The van der Waals surface area contributed by atoms with Crippen molar-refractivity contribution in [2.45, 2.75) is 6.54 Å². The fourth-order valence-electron chi connectivity index (χ4n) is 3.60. The van der Waals surface area contributed by atoms with Gasteiger partial charge in [0.25, 0.3) is 11.8 Å². The second kappa shape index (κ2) is 8.28. The van der Waals surface area contributed by atoms with Crippen LogP contribution in [0.1, 0.15) is 26.3 Å². The minimum absolute atomic E-state index is 0.0984. The van der Waals surface area contributed by atoms with E-state index >= 15 is 0 Å². The van der Waals surface area contributed by atoms with E-state index in [1.165, 1.54) is 0 Å². The van der Waals surface area contributed by atoms with Gasteiger partial charge in [0.15, 0.2) is 4.96 Å². The summed E-state index contributed by atoms with van der Waals surface area (Å²) in [5.74, 6) is -0.212. The Bertz CT molecular complexity index is 1440. The Morgan fingerprint density at radius 1 is 0.938 bits per heavy atom. The Morgan fingerprint density at radius 2 is 1.69 bits per heavy atom. The highest BCUT2D eigenvalue weighted by Crippen LogP contribution is 2.30. The van der Waals surface area contributed by atoms with Gasteiger partial charge in [-0.3, -0.25) is 14.0 Å². The number of thiazole rings is 1. The summed E-state index contributed by atoms with van der Waals surface area (Å²) in [5, 5.41) is 5.59. The molecule has 2 amide bonds. The standard InChI is InChI=1S/C25H20N4O2S/c1-26-23(30)18-9-7-17(8-10-18)20-15-29-21-12-11-19(13-22(21)32-25(29)28-20)24(31)27-14-16-5-3-2-4-6-16/h2-13,15H,14H2,1H3,(H,26,30)(H,27,31). The van der Waals surface area contributed by atoms with Crippen LogP contribution in [0, 0.1) is 0 Å². The molecule has 2 heterocycles. The van der Waals surface area contributed by atoms with Crippen LogP contribution in [0.3, 0.4) is 0 Å². The number of hydrogen-bond acceptors (Lipinski definition) is 4. The lowest BCUT2D eigenvalue weighted by Crippen LogP contribution is -2.22. The van der Waals surface area contributed by atoms with Gasteiger partial charge >= 0.3 is 0 Å². The van der Waals surface area contributed by atoms with Gasteiger partial charge in [0.1, 0.15) is 0 Å². The third-order valence-electron chi connectivity index (χ3n) is 5.32. The number of aromatic nitrogens is 2. The molecular formula is C25H20N4O2S. The smallest absolute Gasteiger partial charge is 0.251 e. The Labute approximate surface area is 188 Å². The number of nitrogens with one attached hydrogen (secondary N) is 2. The molecule has 0 saturated heterocycles. The van der Waals surface area contributed by atoms with Crippen LogP contribution in [0.2, 0.25) is 0 Å². The second-order valence-electron chi connectivity index (χ2n) is 7.39. The van der Waals surface area contributed by atoms with Gasteiger partial charge in [0.05, 0.1) is 15.9 Å². The molecule has 5 rings (SSSR count). The topological polar surface area (TPSA) is 75.5 Å². The molecule has 0 saturated carbocycles. The molecule has 0 aliphatic rings. The van der Waals surface area contributed by atoms with Crippen LogP contribution in [0.15, 0.2) is 79.0 Å². The zero-order chi connectivity index (χ0) is 22.1. The molecule has 0 bridgehead atoms. The van der Waals surface area contributed by atoms with Crippen molar-refractivity contribution >= 4 is 38.3 Å². The van der Waals surface area contributed by atoms with Crippen LogP contribution in [0.25, 0.3) is 26.4 Å². The van der Waals surface area contributed by atoms with Crippen LogP contribution in [-0.2, 0) is 6.54 Å². The van der Waals surface area contributed by atoms with E-state index in [0.717, 1.165) is 32.0 Å². The molecule has 2 N–H and O–H groups in total. The number of nitrogens with zero attached hydrogens (tertiary/aromatic N) is 2. The summed E-state index contributed by atoms with van der Waals surface area (Å²) in [5.41, 5.74) is 5.09. The van der Waals surface area contributed by atoms with Crippen molar-refractivity contribution in [2.24, 2.45) is 0 Å². The molecule has 0 atom stereocenters. The van der Waals surface area contributed by atoms with Crippen molar-refractivity contribution in [1.82, 2.24) is 20.0 Å². The van der Waals surface area contributed by atoms with Gasteiger partial charge in [0.2, 0.25) is 0 Å². The zero-order valence-corrected chi connectivity index (χ0v) is 18.1. The maximum atomic E-state index is 12.6. The molecule has 0 spiro atoms. The van der Waals surface area contributed by atoms with Gasteiger partial charge < -0.3 is 10.6 Å². The maximum Gasteiger partial charge on any atom is 0.251 e. The van der Waals surface area contributed by atoms with Crippen molar-refractivity contribution < 1.29 is 9.59 Å². The lowest BCUT2D eigenvalue weighted by molar-refractivity contribution is 0.0947. The highest BCUT2D eigenvalue weighted by atomic mass is 32.1. The summed E-state index contributed by atoms with van der Waals surface area (Å²) in [7, 11) is 1.61. The fraction of sp³-hybridized carbons (Fsp3) is 0.0800. The first-order chi connectivity index (χ1) is 15.6. The summed E-state index contributed by atoms with van der Waals surface area (Å²) < 4.78 is 3.04. The molecule has 5 aromatic rings. The molecule has 158 valence electrons. The number of carbonyl (C=O) groups excluding carboxylic acids is 2. The summed E-state index contributed by atoms with van der Waals surface area (Å²) in [4.78, 5) is 29.9. The lowest BCUT2D eigenvalue weighted by atomic mass is 10.1. The summed E-state index contributed by atoms with van der Waals surface area (Å²) in [6.07, 6.45) is 1.98. The van der Waals surface area contributed by atoms with Crippen molar-refractivity contribution in [3.8, 4) is 11.3 Å². The first-order valence-electron chi connectivity index (χ1n) is 10.2. The number of rotatable bonds is 5. The first kappa shape index (κ1) is 20.0. The molecular weight excluding hydrogens is 420 g/mol. The number of amides is 2. The summed E-state index contributed by atoms with van der Waals surface area (Å²) in [6, 6.07) is 22.9. The molecule has 3 aromatic carbocycles. The Hall–Kier alpha value is -3.97. The molecule has 7 heteroatoms. The van der Waals surface area contributed by atoms with Crippen LogP contribution in [0.5, 0.6) is 0 Å². The van der Waals surface area contributed by atoms with Gasteiger partial charge in [0, 0.05) is 36.5 Å². The van der Waals surface area contributed by atoms with Crippen LogP contribution in [0.4, 0.5) is 0 Å². The molecule has 0 radical (unpaired) electrons. The van der Waals surface area contributed by atoms with E-state index in [9.17, 15) is 9.59 Å². The number of carbonyl (C=O) groups is 2. The van der Waals surface area contributed by atoms with E-state index in [1.54, 1.807) is 30.5 Å². The predicted octanol–water partition coefficient (Wildman–Crippen LogP) is 4.51. The van der Waals surface area contributed by atoms with Gasteiger partial charge in [-0.1, -0.05) is 53.8 Å². The third kappa shape index (κ3) is 3.74. The predicted molar refractivity (Wildman–Crippen MR) is 127 cm³/mol. The monoisotopic (exact) mass is 440 g/mol. The largest absolute Gasteiger partial charge is 0.355 e. The fourth-order valence-corrected chi connectivity index (χ4v) is 4.65. The second-order valence-corrected chi connectivity index (χ2v) is 8.40. The van der Waals surface area contributed by atoms with Crippen LogP contribution >= 0.6 is 11.3 Å². The number of fused-ring (bicyclic) bond motifs is 3. The minimum atomic E-state index is -0.114. The van der Waals surface area contributed by atoms with Gasteiger partial charge in [-0.2, -0.15) is 0 Å². The molecule has 32 heavy (non-hydrogen) atoms. The normalized spacial score (nSPS) is 11.0. The Morgan fingerprint density at radius 3 is 2.44 bits per heavy atom. The van der Waals surface area contributed by atoms with E-state index in [4.69, 9.17) is 4.98 Å². The number of imidazole rings is 1. The Balaban J connectivity index is 1.38. The van der Waals surface area contributed by atoms with E-state index in [1.807, 2.05) is 71.3 Å². The quantitative estimate of drug-likeness (QED) is 0.422. The maximum absolute atomic E-state index is 12.6. The van der Waals surface area contributed by atoms with Crippen LogP contribution in [-0.4, -0.2) is 28.2 Å². The van der Waals surface area contributed by atoms with Gasteiger partial charge in [-0.05, 0) is 35.9 Å². The highest BCUT2D eigenvalue weighted by Gasteiger charge is 2.13. The summed E-state index contributed by atoms with van der Waals surface area (Å²) in [6.45, 7) is 0.494. The van der Waals surface area contributed by atoms with Crippen LogP contribution < -0.4 is 10.6 Å². The van der Waals surface area contributed by atoms with E-state index < -0.39 is 0 Å². The van der Waals surface area contributed by atoms with Crippen molar-refractivity contribution in [3.63, 3.8) is 0 Å². The molecule has 6 nitrogen and oxygen atoms in total. The zero-order valence-electron chi connectivity index (χ0n) is 17.3. The van der Waals surface area contributed by atoms with Crippen molar-refractivity contribution in [1.29, 1.82) is 0 Å². The highest BCUT2D eigenvalue weighted by molar-refractivity contribution is 7.23. The average Bonchev–Trinajstić information content (AvgIpc) is 3.40. The minimum Gasteiger partial charge on any atom is -0.355 e. The van der Waals surface area contributed by atoms with Gasteiger partial charge in [-0.15, -0.1) is 0 Å². The molecule has 0 aliphatic heterocycles. The number of hydrogen-bond donors (Lipinski definition) is 2. The van der Waals surface area contributed by atoms with Gasteiger partial charge in [-0.25, -0.2) is 4.98 Å². The van der Waals surface area contributed by atoms with E-state index in [0.29, 0.717) is 17.7 Å². The number of benzene rings is 3. The molecule has 0 fully saturated rings.